The average molecular weight is 308 g/mol. The van der Waals surface area contributed by atoms with Crippen molar-refractivity contribution in [3.8, 4) is 11.5 Å². The summed E-state index contributed by atoms with van der Waals surface area (Å²) >= 11 is 0. The van der Waals surface area contributed by atoms with E-state index >= 15 is 0 Å². The van der Waals surface area contributed by atoms with Crippen LogP contribution in [0.5, 0.6) is 11.5 Å². The zero-order valence-electron chi connectivity index (χ0n) is 13.2. The number of carbonyl (C=O) groups is 1. The molecule has 1 aliphatic rings. The second kappa shape index (κ2) is 7.14. The minimum absolute atomic E-state index is 0.156. The maximum Gasteiger partial charge on any atom is 0.162 e. The SMILES string of the molecule is COc1ccccc1/C=C1\C(=O)CCCC1Oc1ccccc1. The number of benzene rings is 2. The molecule has 118 valence electrons. The zero-order valence-corrected chi connectivity index (χ0v) is 13.2. The summed E-state index contributed by atoms with van der Waals surface area (Å²) < 4.78 is 11.4. The normalized spacial score (nSPS) is 19.6. The van der Waals surface area contributed by atoms with E-state index in [4.69, 9.17) is 9.47 Å². The quantitative estimate of drug-likeness (QED) is 0.791. The van der Waals surface area contributed by atoms with Gasteiger partial charge in [0.25, 0.3) is 0 Å². The molecule has 0 heterocycles. The lowest BCUT2D eigenvalue weighted by atomic mass is 9.89. The Morgan fingerprint density at radius 2 is 1.78 bits per heavy atom. The molecule has 2 aromatic carbocycles. The summed E-state index contributed by atoms with van der Waals surface area (Å²) in [6.45, 7) is 0. The van der Waals surface area contributed by atoms with E-state index in [1.54, 1.807) is 7.11 Å². The molecule has 3 nitrogen and oxygen atoms in total. The van der Waals surface area contributed by atoms with E-state index in [0.717, 1.165) is 35.5 Å². The van der Waals surface area contributed by atoms with Crippen LogP contribution in [0.3, 0.4) is 0 Å². The molecular formula is C20H20O3. The first-order valence-corrected chi connectivity index (χ1v) is 7.87. The van der Waals surface area contributed by atoms with E-state index in [9.17, 15) is 4.79 Å². The Morgan fingerprint density at radius 3 is 2.57 bits per heavy atom. The van der Waals surface area contributed by atoms with Crippen LogP contribution in [-0.2, 0) is 4.79 Å². The standard InChI is InChI=1S/C20H20O3/c1-22-19-12-6-5-8-15(19)14-17-18(21)11-7-13-20(17)23-16-9-3-2-4-10-16/h2-6,8-10,12,14,20H,7,11,13H2,1H3/b17-14+. The highest BCUT2D eigenvalue weighted by molar-refractivity contribution is 6.01. The van der Waals surface area contributed by atoms with Gasteiger partial charge in [-0.3, -0.25) is 4.79 Å². The van der Waals surface area contributed by atoms with Crippen LogP contribution in [0.2, 0.25) is 0 Å². The smallest absolute Gasteiger partial charge is 0.162 e. The van der Waals surface area contributed by atoms with Crippen LogP contribution < -0.4 is 9.47 Å². The van der Waals surface area contributed by atoms with Crippen molar-refractivity contribution >= 4 is 11.9 Å². The lowest BCUT2D eigenvalue weighted by Crippen LogP contribution is -2.28. The van der Waals surface area contributed by atoms with Crippen LogP contribution >= 0.6 is 0 Å². The predicted octanol–water partition coefficient (Wildman–Crippen LogP) is 4.28. The van der Waals surface area contributed by atoms with Gasteiger partial charge in [0.15, 0.2) is 5.78 Å². The molecule has 2 aromatic rings. The van der Waals surface area contributed by atoms with Gasteiger partial charge < -0.3 is 9.47 Å². The minimum atomic E-state index is -0.205. The Hall–Kier alpha value is -2.55. The topological polar surface area (TPSA) is 35.5 Å². The molecule has 0 bridgehead atoms. The molecule has 1 fully saturated rings. The fourth-order valence-electron chi connectivity index (χ4n) is 2.84. The molecule has 1 atom stereocenters. The number of Topliss-reactive ketones (excluding diaryl/α,β-unsaturated/α-hetero) is 1. The monoisotopic (exact) mass is 308 g/mol. The lowest BCUT2D eigenvalue weighted by Gasteiger charge is -2.25. The fourth-order valence-corrected chi connectivity index (χ4v) is 2.84. The number of ketones is 1. The third-order valence-corrected chi connectivity index (χ3v) is 4.01. The fraction of sp³-hybridized carbons (Fsp3) is 0.250. The molecule has 0 radical (unpaired) electrons. The van der Waals surface area contributed by atoms with Gasteiger partial charge in [0.1, 0.15) is 17.6 Å². The van der Waals surface area contributed by atoms with E-state index in [1.807, 2.05) is 60.7 Å². The van der Waals surface area contributed by atoms with Gasteiger partial charge in [-0.1, -0.05) is 36.4 Å². The van der Waals surface area contributed by atoms with Crippen LogP contribution in [0, 0.1) is 0 Å². The Balaban J connectivity index is 1.92. The van der Waals surface area contributed by atoms with Gasteiger partial charge in [0.2, 0.25) is 0 Å². The van der Waals surface area contributed by atoms with E-state index in [2.05, 4.69) is 0 Å². The second-order valence-electron chi connectivity index (χ2n) is 5.58. The number of ether oxygens (including phenoxy) is 2. The maximum atomic E-state index is 12.4. The largest absolute Gasteiger partial charge is 0.496 e. The highest BCUT2D eigenvalue weighted by atomic mass is 16.5. The first kappa shape index (κ1) is 15.3. The summed E-state index contributed by atoms with van der Waals surface area (Å²) in [4.78, 5) is 12.4. The van der Waals surface area contributed by atoms with Crippen molar-refractivity contribution in [3.63, 3.8) is 0 Å². The number of hydrogen-bond acceptors (Lipinski definition) is 3. The molecular weight excluding hydrogens is 288 g/mol. The summed E-state index contributed by atoms with van der Waals surface area (Å²) in [7, 11) is 1.64. The maximum absolute atomic E-state index is 12.4. The van der Waals surface area contributed by atoms with Crippen molar-refractivity contribution in [3.05, 3.63) is 65.7 Å². The van der Waals surface area contributed by atoms with E-state index in [0.29, 0.717) is 6.42 Å². The van der Waals surface area contributed by atoms with Gasteiger partial charge in [0, 0.05) is 17.6 Å². The first-order chi connectivity index (χ1) is 11.3. The number of rotatable bonds is 4. The molecule has 1 aliphatic carbocycles. The number of carbonyl (C=O) groups excluding carboxylic acids is 1. The van der Waals surface area contributed by atoms with Gasteiger partial charge >= 0.3 is 0 Å². The summed E-state index contributed by atoms with van der Waals surface area (Å²) in [6, 6.07) is 17.4. The average Bonchev–Trinajstić information content (AvgIpc) is 2.59. The third kappa shape index (κ3) is 3.62. The molecule has 0 spiro atoms. The van der Waals surface area contributed by atoms with Gasteiger partial charge in [-0.15, -0.1) is 0 Å². The molecule has 3 heteroatoms. The number of para-hydroxylation sites is 2. The molecule has 0 amide bonds. The Labute approximate surface area is 136 Å². The van der Waals surface area contributed by atoms with Gasteiger partial charge in [0.05, 0.1) is 7.11 Å². The Kier molecular flexibility index (Phi) is 4.77. The Morgan fingerprint density at radius 1 is 1.04 bits per heavy atom. The molecule has 0 saturated heterocycles. The molecule has 0 N–H and O–H groups in total. The van der Waals surface area contributed by atoms with Crippen LogP contribution in [-0.4, -0.2) is 19.0 Å². The molecule has 0 aromatic heterocycles. The summed E-state index contributed by atoms with van der Waals surface area (Å²) in [5.41, 5.74) is 1.63. The molecule has 1 unspecified atom stereocenters. The van der Waals surface area contributed by atoms with E-state index in [-0.39, 0.29) is 11.9 Å². The summed E-state index contributed by atoms with van der Waals surface area (Å²) in [5, 5.41) is 0. The van der Waals surface area contributed by atoms with E-state index < -0.39 is 0 Å². The van der Waals surface area contributed by atoms with Gasteiger partial charge in [-0.25, -0.2) is 0 Å². The second-order valence-corrected chi connectivity index (χ2v) is 5.58. The highest BCUT2D eigenvalue weighted by Crippen LogP contribution is 2.29. The van der Waals surface area contributed by atoms with E-state index in [1.165, 1.54) is 0 Å². The Bertz CT molecular complexity index is 704. The first-order valence-electron chi connectivity index (χ1n) is 7.87. The summed E-state index contributed by atoms with van der Waals surface area (Å²) in [5.74, 6) is 1.71. The van der Waals surface area contributed by atoms with Crippen molar-refractivity contribution in [2.24, 2.45) is 0 Å². The van der Waals surface area contributed by atoms with Crippen molar-refractivity contribution in [1.29, 1.82) is 0 Å². The molecule has 0 aliphatic heterocycles. The van der Waals surface area contributed by atoms with Crippen molar-refractivity contribution in [1.82, 2.24) is 0 Å². The molecule has 23 heavy (non-hydrogen) atoms. The van der Waals surface area contributed by atoms with Crippen LogP contribution in [0.1, 0.15) is 24.8 Å². The van der Waals surface area contributed by atoms with Crippen LogP contribution in [0.25, 0.3) is 6.08 Å². The van der Waals surface area contributed by atoms with Crippen molar-refractivity contribution < 1.29 is 14.3 Å². The summed E-state index contributed by atoms with van der Waals surface area (Å²) in [6.07, 6.45) is 3.99. The number of hydrogen-bond donors (Lipinski definition) is 0. The third-order valence-electron chi connectivity index (χ3n) is 4.01. The van der Waals surface area contributed by atoms with Gasteiger partial charge in [-0.2, -0.15) is 0 Å². The van der Waals surface area contributed by atoms with Gasteiger partial charge in [-0.05, 0) is 37.1 Å². The van der Waals surface area contributed by atoms with Crippen LogP contribution in [0.4, 0.5) is 0 Å². The zero-order chi connectivity index (χ0) is 16.1. The molecule has 3 rings (SSSR count). The number of methoxy groups -OCH3 is 1. The van der Waals surface area contributed by atoms with Crippen molar-refractivity contribution in [2.75, 3.05) is 7.11 Å². The lowest BCUT2D eigenvalue weighted by molar-refractivity contribution is -0.117. The van der Waals surface area contributed by atoms with Crippen molar-refractivity contribution in [2.45, 2.75) is 25.4 Å². The molecule has 1 saturated carbocycles. The highest BCUT2D eigenvalue weighted by Gasteiger charge is 2.27. The predicted molar refractivity (Wildman–Crippen MR) is 90.7 cm³/mol. The van der Waals surface area contributed by atoms with Crippen LogP contribution in [0.15, 0.2) is 60.2 Å². The minimum Gasteiger partial charge on any atom is -0.496 e.